The van der Waals surface area contributed by atoms with Crippen molar-refractivity contribution < 1.29 is 9.53 Å². The zero-order valence-electron chi connectivity index (χ0n) is 12.0. The number of benzene rings is 2. The van der Waals surface area contributed by atoms with Crippen LogP contribution < -0.4 is 4.74 Å². The van der Waals surface area contributed by atoms with Crippen LogP contribution in [-0.4, -0.2) is 26.2 Å². The van der Waals surface area contributed by atoms with Gasteiger partial charge in [-0.2, -0.15) is 0 Å². The Hall–Kier alpha value is -3.02. The number of esters is 1. The van der Waals surface area contributed by atoms with E-state index >= 15 is 0 Å². The minimum atomic E-state index is -0.291. The largest absolute Gasteiger partial charge is 0.426 e. The molecule has 22 heavy (non-hydrogen) atoms. The molecular weight excluding hydrogens is 280 g/mol. The molecule has 0 spiro atoms. The van der Waals surface area contributed by atoms with E-state index in [1.807, 2.05) is 31.2 Å². The van der Waals surface area contributed by atoms with Gasteiger partial charge in [0.1, 0.15) is 12.1 Å². The summed E-state index contributed by atoms with van der Waals surface area (Å²) < 4.78 is 6.86. The average molecular weight is 294 g/mol. The van der Waals surface area contributed by atoms with Gasteiger partial charge in [-0.25, -0.2) is 4.68 Å². The number of carbonyl (C=O) groups is 1. The minimum Gasteiger partial charge on any atom is -0.426 e. The van der Waals surface area contributed by atoms with Gasteiger partial charge >= 0.3 is 5.97 Å². The maximum atomic E-state index is 11.9. The predicted octanol–water partition coefficient (Wildman–Crippen LogP) is 2.12. The fourth-order valence-electron chi connectivity index (χ4n) is 2.10. The van der Waals surface area contributed by atoms with Crippen molar-refractivity contribution in [3.63, 3.8) is 0 Å². The van der Waals surface area contributed by atoms with Crippen molar-refractivity contribution in [1.82, 2.24) is 20.2 Å². The summed E-state index contributed by atoms with van der Waals surface area (Å²) in [6, 6.07) is 14.8. The van der Waals surface area contributed by atoms with Crippen LogP contribution in [0.25, 0.3) is 5.69 Å². The maximum absolute atomic E-state index is 11.9. The van der Waals surface area contributed by atoms with E-state index in [0.29, 0.717) is 5.75 Å². The topological polar surface area (TPSA) is 69.9 Å². The molecule has 3 aromatic rings. The minimum absolute atomic E-state index is 0.246. The van der Waals surface area contributed by atoms with Gasteiger partial charge in [-0.15, -0.1) is 5.10 Å². The third-order valence-electron chi connectivity index (χ3n) is 3.11. The predicted molar refractivity (Wildman–Crippen MR) is 79.7 cm³/mol. The highest BCUT2D eigenvalue weighted by Crippen LogP contribution is 2.15. The number of nitrogens with zero attached hydrogens (tertiary/aromatic N) is 4. The molecule has 1 heterocycles. The Morgan fingerprint density at radius 1 is 1.18 bits per heavy atom. The molecular formula is C16H14N4O2. The molecule has 0 N–H and O–H groups in total. The van der Waals surface area contributed by atoms with E-state index < -0.39 is 0 Å². The van der Waals surface area contributed by atoms with Crippen molar-refractivity contribution in [2.45, 2.75) is 13.3 Å². The molecule has 6 nitrogen and oxygen atoms in total. The Bertz CT molecular complexity index is 767. The fourth-order valence-corrected chi connectivity index (χ4v) is 2.10. The maximum Gasteiger partial charge on any atom is 0.315 e. The fraction of sp³-hybridized carbons (Fsp3) is 0.125. The van der Waals surface area contributed by atoms with Crippen LogP contribution in [0.3, 0.4) is 0 Å². The van der Waals surface area contributed by atoms with Crippen LogP contribution in [0.1, 0.15) is 11.1 Å². The Morgan fingerprint density at radius 3 is 2.68 bits per heavy atom. The number of hydrogen-bond acceptors (Lipinski definition) is 5. The number of tetrazole rings is 1. The normalized spacial score (nSPS) is 10.4. The summed E-state index contributed by atoms with van der Waals surface area (Å²) in [7, 11) is 0. The molecule has 0 saturated carbocycles. The SMILES string of the molecule is Cc1cccc(CC(=O)Oc2ccc(-n3cnnn3)cc2)c1. The van der Waals surface area contributed by atoms with Gasteiger partial charge < -0.3 is 4.74 Å². The number of carbonyl (C=O) groups excluding carboxylic acids is 1. The molecule has 2 aromatic carbocycles. The average Bonchev–Trinajstić information content (AvgIpc) is 3.02. The lowest BCUT2D eigenvalue weighted by atomic mass is 10.1. The smallest absolute Gasteiger partial charge is 0.315 e. The third-order valence-corrected chi connectivity index (χ3v) is 3.11. The van der Waals surface area contributed by atoms with E-state index in [0.717, 1.165) is 16.8 Å². The van der Waals surface area contributed by atoms with Gasteiger partial charge in [0.25, 0.3) is 0 Å². The van der Waals surface area contributed by atoms with Crippen molar-refractivity contribution in [2.75, 3.05) is 0 Å². The van der Waals surface area contributed by atoms with E-state index in [2.05, 4.69) is 15.5 Å². The molecule has 0 fully saturated rings. The first kappa shape index (κ1) is 13.9. The number of hydrogen-bond donors (Lipinski definition) is 0. The van der Waals surface area contributed by atoms with Crippen molar-refractivity contribution in [3.8, 4) is 11.4 Å². The summed E-state index contributed by atoms with van der Waals surface area (Å²) in [5.74, 6) is 0.204. The molecule has 0 radical (unpaired) electrons. The standard InChI is InChI=1S/C16H14N4O2/c1-12-3-2-4-13(9-12)10-16(21)22-15-7-5-14(6-8-15)20-11-17-18-19-20/h2-9,11H,10H2,1H3. The van der Waals surface area contributed by atoms with Crippen LogP contribution in [0.2, 0.25) is 0 Å². The van der Waals surface area contributed by atoms with Crippen molar-refractivity contribution in [1.29, 1.82) is 0 Å². The summed E-state index contributed by atoms with van der Waals surface area (Å²) in [6.45, 7) is 1.99. The molecule has 0 bridgehead atoms. The first-order valence-electron chi connectivity index (χ1n) is 6.80. The lowest BCUT2D eigenvalue weighted by Gasteiger charge is -2.06. The molecule has 0 aliphatic heterocycles. The number of ether oxygens (including phenoxy) is 1. The van der Waals surface area contributed by atoms with Crippen LogP contribution in [0, 0.1) is 6.92 Å². The lowest BCUT2D eigenvalue weighted by Crippen LogP contribution is -2.11. The van der Waals surface area contributed by atoms with Gasteiger partial charge in [0.05, 0.1) is 12.1 Å². The van der Waals surface area contributed by atoms with Crippen molar-refractivity contribution in [3.05, 3.63) is 66.0 Å². The third kappa shape index (κ3) is 3.35. The molecule has 6 heteroatoms. The molecule has 110 valence electrons. The molecule has 1 aromatic heterocycles. The molecule has 3 rings (SSSR count). The van der Waals surface area contributed by atoms with E-state index in [1.54, 1.807) is 24.3 Å². The molecule has 0 aliphatic rings. The summed E-state index contributed by atoms with van der Waals surface area (Å²) in [4.78, 5) is 11.9. The summed E-state index contributed by atoms with van der Waals surface area (Å²) >= 11 is 0. The highest BCUT2D eigenvalue weighted by atomic mass is 16.5. The number of aryl methyl sites for hydroxylation is 1. The molecule has 0 amide bonds. The first-order chi connectivity index (χ1) is 10.7. The van der Waals surface area contributed by atoms with Crippen molar-refractivity contribution in [2.24, 2.45) is 0 Å². The zero-order valence-corrected chi connectivity index (χ0v) is 12.0. The number of aromatic nitrogens is 4. The summed E-state index contributed by atoms with van der Waals surface area (Å²) in [5, 5.41) is 10.9. The van der Waals surface area contributed by atoms with E-state index in [4.69, 9.17) is 4.74 Å². The zero-order chi connectivity index (χ0) is 15.4. The molecule has 0 unspecified atom stereocenters. The van der Waals surface area contributed by atoms with Crippen LogP contribution in [0.5, 0.6) is 5.75 Å². The van der Waals surface area contributed by atoms with E-state index in [-0.39, 0.29) is 12.4 Å². The second kappa shape index (κ2) is 6.17. The number of rotatable bonds is 4. The van der Waals surface area contributed by atoms with Gasteiger partial charge in [0, 0.05) is 0 Å². The summed E-state index contributed by atoms with van der Waals surface area (Å²) in [6.07, 6.45) is 1.75. The monoisotopic (exact) mass is 294 g/mol. The summed E-state index contributed by atoms with van der Waals surface area (Å²) in [5.41, 5.74) is 2.86. The van der Waals surface area contributed by atoms with Crippen LogP contribution in [0.4, 0.5) is 0 Å². The molecule has 0 aliphatic carbocycles. The highest BCUT2D eigenvalue weighted by Gasteiger charge is 2.07. The quantitative estimate of drug-likeness (QED) is 0.544. The van der Waals surface area contributed by atoms with E-state index in [1.165, 1.54) is 11.0 Å². The first-order valence-corrected chi connectivity index (χ1v) is 6.80. The molecule has 0 atom stereocenters. The second-order valence-corrected chi connectivity index (χ2v) is 4.89. The van der Waals surface area contributed by atoms with Gasteiger partial charge in [-0.3, -0.25) is 4.79 Å². The van der Waals surface area contributed by atoms with Gasteiger partial charge in [0.2, 0.25) is 0 Å². The van der Waals surface area contributed by atoms with E-state index in [9.17, 15) is 4.79 Å². The lowest BCUT2D eigenvalue weighted by molar-refractivity contribution is -0.133. The highest BCUT2D eigenvalue weighted by molar-refractivity contribution is 5.75. The van der Waals surface area contributed by atoms with Crippen LogP contribution in [-0.2, 0) is 11.2 Å². The van der Waals surface area contributed by atoms with Crippen LogP contribution >= 0.6 is 0 Å². The Labute approximate surface area is 127 Å². The van der Waals surface area contributed by atoms with Gasteiger partial charge in [-0.1, -0.05) is 29.8 Å². The Balaban J connectivity index is 1.64. The van der Waals surface area contributed by atoms with Crippen LogP contribution in [0.15, 0.2) is 54.9 Å². The Morgan fingerprint density at radius 2 is 2.00 bits per heavy atom. The van der Waals surface area contributed by atoms with Crippen molar-refractivity contribution >= 4 is 5.97 Å². The molecule has 0 saturated heterocycles. The van der Waals surface area contributed by atoms with Gasteiger partial charge in [0.15, 0.2) is 0 Å². The van der Waals surface area contributed by atoms with Gasteiger partial charge in [-0.05, 0) is 47.2 Å². The second-order valence-electron chi connectivity index (χ2n) is 4.89. The Kier molecular flexibility index (Phi) is 3.91.